The number of primary amides is 2. The number of nitrogens with two attached hydrogens (primary N) is 2. The number of nitrogens with one attached hydrogen (secondary N) is 2. The molecule has 0 radical (unpaired) electrons. The summed E-state index contributed by atoms with van der Waals surface area (Å²) in [6.45, 7) is 6.53. The lowest BCUT2D eigenvalue weighted by Crippen LogP contribution is -2.89. The molecular weight excluding hydrogens is 501 g/mol. The molecule has 5 rings (SSSR count). The largest absolute Gasteiger partial charge is 0.379 e. The molecule has 0 aliphatic carbocycles. The lowest BCUT2D eigenvalue weighted by atomic mass is 10.1. The number of amides is 2. The number of hydrogen-bond donors (Lipinski definition) is 4. The van der Waals surface area contributed by atoms with E-state index in [0.717, 1.165) is 38.4 Å². The van der Waals surface area contributed by atoms with Crippen molar-refractivity contribution < 1.29 is 29.3 Å². The van der Waals surface area contributed by atoms with Crippen LogP contribution in [0.4, 0.5) is 21.7 Å². The minimum absolute atomic E-state index is 0.0323. The summed E-state index contributed by atoms with van der Waals surface area (Å²) in [5.41, 5.74) is 3.36. The van der Waals surface area contributed by atoms with E-state index in [4.69, 9.17) is 16.3 Å². The molecule has 3 aromatic rings. The third kappa shape index (κ3) is 5.60. The first-order chi connectivity index (χ1) is 17.9. The fourth-order valence-corrected chi connectivity index (χ4v) is 4.54. The Labute approximate surface area is 217 Å². The third-order valence-electron chi connectivity index (χ3n) is 6.35. The second-order valence-corrected chi connectivity index (χ2v) is 9.30. The van der Waals surface area contributed by atoms with E-state index in [1.807, 2.05) is 6.92 Å². The van der Waals surface area contributed by atoms with Crippen LogP contribution < -0.4 is 16.0 Å². The Bertz CT molecular complexity index is 1380. The van der Waals surface area contributed by atoms with E-state index in [2.05, 4.69) is 25.2 Å². The molecule has 4 heterocycles. The number of quaternary nitrogens is 2. The Hall–Kier alpha value is -3.48. The van der Waals surface area contributed by atoms with Gasteiger partial charge in [-0.15, -0.1) is 0 Å². The number of aromatic amines is 1. The number of carbonyl (C=O) groups is 2. The van der Waals surface area contributed by atoms with Gasteiger partial charge in [-0.1, -0.05) is 11.6 Å². The summed E-state index contributed by atoms with van der Waals surface area (Å²) in [6.07, 6.45) is 3.05. The first kappa shape index (κ1) is 25.2. The minimum atomic E-state index is -0.532. The van der Waals surface area contributed by atoms with E-state index in [0.29, 0.717) is 46.4 Å². The van der Waals surface area contributed by atoms with Crippen molar-refractivity contribution in [1.29, 1.82) is 0 Å². The molecule has 12 heteroatoms. The number of fused-ring (bicyclic) bond motifs is 1. The predicted octanol–water partition coefficient (Wildman–Crippen LogP) is 0.961. The second kappa shape index (κ2) is 10.9. The number of rotatable bonds is 7. The maximum atomic E-state index is 13.6. The van der Waals surface area contributed by atoms with Crippen LogP contribution in [0, 0.1) is 12.7 Å². The molecule has 2 aliphatic rings. The summed E-state index contributed by atoms with van der Waals surface area (Å²) in [4.78, 5) is 39.6. The quantitative estimate of drug-likeness (QED) is 0.336. The molecule has 2 aliphatic heterocycles. The SMILES string of the molecule is Cc1cc(C(=O)[NH2+]CCN2CCOCC2)[nH]c1/C=C1\C(=O)[NH2+]c2ncnc(Nc3ccc(F)c(Cl)c3)c21. The van der Waals surface area contributed by atoms with Gasteiger partial charge in [-0.05, 0) is 42.8 Å². The first-order valence-electron chi connectivity index (χ1n) is 11.9. The molecule has 192 valence electrons. The molecule has 6 N–H and O–H groups in total. The highest BCUT2D eigenvalue weighted by atomic mass is 35.5. The number of aromatic nitrogens is 3. The van der Waals surface area contributed by atoms with Crippen LogP contribution in [0.5, 0.6) is 0 Å². The van der Waals surface area contributed by atoms with Crippen LogP contribution in [-0.2, 0) is 9.53 Å². The molecule has 1 fully saturated rings. The predicted molar refractivity (Wildman–Crippen MR) is 135 cm³/mol. The van der Waals surface area contributed by atoms with E-state index in [9.17, 15) is 14.0 Å². The van der Waals surface area contributed by atoms with Crippen LogP contribution in [0.3, 0.4) is 0 Å². The van der Waals surface area contributed by atoms with Gasteiger partial charge in [0.05, 0.1) is 24.8 Å². The number of halogens is 2. The van der Waals surface area contributed by atoms with Gasteiger partial charge in [-0.2, -0.15) is 4.98 Å². The summed E-state index contributed by atoms with van der Waals surface area (Å²) >= 11 is 5.91. The summed E-state index contributed by atoms with van der Waals surface area (Å²) in [5, 5.41) is 6.19. The number of nitrogens with zero attached hydrogens (tertiary/aromatic N) is 3. The van der Waals surface area contributed by atoms with Gasteiger partial charge in [0.1, 0.15) is 34.8 Å². The van der Waals surface area contributed by atoms with Crippen LogP contribution in [0.1, 0.15) is 27.3 Å². The highest BCUT2D eigenvalue weighted by molar-refractivity contribution is 6.31. The summed E-state index contributed by atoms with van der Waals surface area (Å²) < 4.78 is 18.9. The Morgan fingerprint density at radius 1 is 1.32 bits per heavy atom. The molecule has 2 amide bonds. The molecule has 0 spiro atoms. The van der Waals surface area contributed by atoms with Gasteiger partial charge in [-0.3, -0.25) is 10.2 Å². The Balaban J connectivity index is 1.35. The number of ether oxygens (including phenoxy) is 1. The summed E-state index contributed by atoms with van der Waals surface area (Å²) in [7, 11) is 0. The highest BCUT2D eigenvalue weighted by Gasteiger charge is 2.35. The molecule has 0 atom stereocenters. The topological polar surface area (TPSA) is 133 Å². The maximum Gasteiger partial charge on any atom is 0.359 e. The fourth-order valence-electron chi connectivity index (χ4n) is 4.36. The van der Waals surface area contributed by atoms with Crippen molar-refractivity contribution in [2.75, 3.05) is 44.7 Å². The van der Waals surface area contributed by atoms with Crippen molar-refractivity contribution in [3.63, 3.8) is 0 Å². The summed E-state index contributed by atoms with van der Waals surface area (Å²) in [5.74, 6) is 0.00581. The molecule has 0 unspecified atom stereocenters. The van der Waals surface area contributed by atoms with E-state index >= 15 is 0 Å². The van der Waals surface area contributed by atoms with Crippen molar-refractivity contribution in [2.24, 2.45) is 0 Å². The van der Waals surface area contributed by atoms with Crippen LogP contribution in [0.2, 0.25) is 5.02 Å². The van der Waals surface area contributed by atoms with Gasteiger partial charge < -0.3 is 15.0 Å². The number of aryl methyl sites for hydroxylation is 1. The van der Waals surface area contributed by atoms with Gasteiger partial charge in [0, 0.05) is 31.0 Å². The smallest absolute Gasteiger partial charge is 0.359 e. The lowest BCUT2D eigenvalue weighted by molar-refractivity contribution is -0.555. The number of hydrogen-bond acceptors (Lipinski definition) is 7. The van der Waals surface area contributed by atoms with Crippen molar-refractivity contribution >= 4 is 52.4 Å². The Morgan fingerprint density at radius 2 is 2.14 bits per heavy atom. The fraction of sp³-hybridized carbons (Fsp3) is 0.280. The average Bonchev–Trinajstić information content (AvgIpc) is 3.42. The zero-order chi connectivity index (χ0) is 25.9. The highest BCUT2D eigenvalue weighted by Crippen LogP contribution is 2.33. The zero-order valence-corrected chi connectivity index (χ0v) is 20.9. The molecule has 1 aromatic carbocycles. The monoisotopic (exact) mass is 527 g/mol. The lowest BCUT2D eigenvalue weighted by Gasteiger charge is -2.25. The van der Waals surface area contributed by atoms with Gasteiger partial charge in [-0.25, -0.2) is 24.3 Å². The molecular formula is C25H27ClFN7O3+2. The van der Waals surface area contributed by atoms with Crippen molar-refractivity contribution in [3.05, 3.63) is 63.9 Å². The standard InChI is InChI=1S/C25H25ClFN7O3/c1-14-10-20(25(36)28-4-5-34-6-8-37-9-7-34)32-19(14)12-16-21-22(29-13-30-23(21)33-24(16)35)31-15-2-3-18(27)17(26)11-15/h2-3,10-13,32H,4-9H2,1H3,(H,28,36)(H2,29,30,31,33,35)/p+2/b16-12-. The minimum Gasteiger partial charge on any atom is -0.379 e. The number of benzene rings is 1. The van der Waals surface area contributed by atoms with Gasteiger partial charge >= 0.3 is 11.8 Å². The van der Waals surface area contributed by atoms with E-state index in [1.54, 1.807) is 17.5 Å². The summed E-state index contributed by atoms with van der Waals surface area (Å²) in [6, 6.07) is 6.00. The van der Waals surface area contributed by atoms with Crippen molar-refractivity contribution in [1.82, 2.24) is 19.9 Å². The molecule has 10 nitrogen and oxygen atoms in total. The van der Waals surface area contributed by atoms with Gasteiger partial charge in [0.15, 0.2) is 0 Å². The van der Waals surface area contributed by atoms with Crippen LogP contribution >= 0.6 is 11.6 Å². The van der Waals surface area contributed by atoms with Crippen LogP contribution in [0.15, 0.2) is 30.6 Å². The van der Waals surface area contributed by atoms with Crippen LogP contribution in [-0.4, -0.2) is 71.1 Å². The Kier molecular flexibility index (Phi) is 7.40. The molecule has 0 bridgehead atoms. The number of anilines is 2. The molecule has 1 saturated heterocycles. The van der Waals surface area contributed by atoms with Crippen molar-refractivity contribution in [3.8, 4) is 0 Å². The molecule has 2 aromatic heterocycles. The van der Waals surface area contributed by atoms with E-state index in [1.165, 1.54) is 29.8 Å². The van der Waals surface area contributed by atoms with Crippen molar-refractivity contribution in [2.45, 2.75) is 6.92 Å². The zero-order valence-electron chi connectivity index (χ0n) is 20.2. The van der Waals surface area contributed by atoms with E-state index in [-0.39, 0.29) is 16.8 Å². The molecule has 37 heavy (non-hydrogen) atoms. The van der Waals surface area contributed by atoms with E-state index < -0.39 is 5.82 Å². The molecule has 0 saturated carbocycles. The maximum absolute atomic E-state index is 13.6. The third-order valence-corrected chi connectivity index (χ3v) is 6.64. The first-order valence-corrected chi connectivity index (χ1v) is 12.3. The average molecular weight is 528 g/mol. The second-order valence-electron chi connectivity index (χ2n) is 8.89. The Morgan fingerprint density at radius 3 is 2.92 bits per heavy atom. The normalized spacial score (nSPS) is 16.8. The number of H-pyrrole nitrogens is 1. The van der Waals surface area contributed by atoms with Gasteiger partial charge in [0.2, 0.25) is 5.82 Å². The van der Waals surface area contributed by atoms with Crippen LogP contribution in [0.25, 0.3) is 11.6 Å². The van der Waals surface area contributed by atoms with Gasteiger partial charge in [0.25, 0.3) is 0 Å². The number of morpholine rings is 1. The number of carbonyl (C=O) groups excluding carboxylic acids is 2.